The van der Waals surface area contributed by atoms with Crippen molar-refractivity contribution in [1.29, 1.82) is 0 Å². The molecule has 0 aromatic heterocycles. The molecule has 6 heteroatoms. The van der Waals surface area contributed by atoms with Gasteiger partial charge in [0.25, 0.3) is 0 Å². The zero-order valence-electron chi connectivity index (χ0n) is 12.6. The van der Waals surface area contributed by atoms with Crippen molar-refractivity contribution in [2.45, 2.75) is 37.6 Å². The average Bonchev–Trinajstić information content (AvgIpc) is 2.49. The molecular weight excluding hydrogens is 308 g/mol. The molecule has 1 N–H and O–H groups in total. The van der Waals surface area contributed by atoms with Gasteiger partial charge in [-0.3, -0.25) is 0 Å². The fourth-order valence-corrected chi connectivity index (χ4v) is 4.45. The van der Waals surface area contributed by atoms with Crippen molar-refractivity contribution in [3.8, 4) is 0 Å². The van der Waals surface area contributed by atoms with E-state index in [0.717, 1.165) is 24.8 Å². The van der Waals surface area contributed by atoms with Crippen molar-refractivity contribution >= 4 is 21.6 Å². The Morgan fingerprint density at radius 1 is 1.33 bits per heavy atom. The largest absolute Gasteiger partial charge is 0.316 e. The molecule has 21 heavy (non-hydrogen) atoms. The summed E-state index contributed by atoms with van der Waals surface area (Å²) in [5.74, 6) is 0.654. The molecule has 0 atom stereocenters. The summed E-state index contributed by atoms with van der Waals surface area (Å²) in [5, 5.41) is 3.59. The molecule has 0 amide bonds. The van der Waals surface area contributed by atoms with Gasteiger partial charge in [0.1, 0.15) is 0 Å². The molecule has 0 bridgehead atoms. The van der Waals surface area contributed by atoms with Crippen LogP contribution in [0.5, 0.6) is 0 Å². The first kappa shape index (κ1) is 16.7. The van der Waals surface area contributed by atoms with E-state index in [1.165, 1.54) is 0 Å². The topological polar surface area (TPSA) is 49.4 Å². The lowest BCUT2D eigenvalue weighted by Gasteiger charge is -2.30. The van der Waals surface area contributed by atoms with Gasteiger partial charge in [-0.15, -0.1) is 0 Å². The molecule has 1 fully saturated rings. The van der Waals surface area contributed by atoms with Crippen LogP contribution in [0.2, 0.25) is 5.02 Å². The summed E-state index contributed by atoms with van der Waals surface area (Å²) in [4.78, 5) is 0.340. The Hall–Kier alpha value is -0.620. The third-order valence-corrected chi connectivity index (χ3v) is 6.44. The fraction of sp³-hybridized carbons (Fsp3) is 0.600. The zero-order chi connectivity index (χ0) is 15.5. The Morgan fingerprint density at radius 3 is 2.57 bits per heavy atom. The number of piperidine rings is 1. The van der Waals surface area contributed by atoms with E-state index >= 15 is 0 Å². The van der Waals surface area contributed by atoms with E-state index in [4.69, 9.17) is 11.6 Å². The molecule has 1 heterocycles. The number of rotatable bonds is 5. The molecule has 2 rings (SSSR count). The van der Waals surface area contributed by atoms with E-state index < -0.39 is 10.0 Å². The van der Waals surface area contributed by atoms with Crippen LogP contribution in [0.1, 0.15) is 31.7 Å². The van der Waals surface area contributed by atoms with E-state index in [-0.39, 0.29) is 0 Å². The zero-order valence-corrected chi connectivity index (χ0v) is 14.2. The minimum absolute atomic E-state index is 0.340. The van der Waals surface area contributed by atoms with Gasteiger partial charge < -0.3 is 5.32 Å². The highest BCUT2D eigenvalue weighted by molar-refractivity contribution is 7.89. The molecular formula is C15H23ClN2O2S. The summed E-state index contributed by atoms with van der Waals surface area (Å²) >= 11 is 6.10. The Labute approximate surface area is 132 Å². The van der Waals surface area contributed by atoms with Crippen LogP contribution in [0.25, 0.3) is 0 Å². The second-order valence-electron chi connectivity index (χ2n) is 5.54. The standard InChI is InChI=1S/C15H23ClN2O2S/c1-3-12-6-8-18(9-7-12)21(19,20)14-4-5-15(16)13(10-14)11-17-2/h4-5,10,12,17H,3,6-9,11H2,1-2H3. The van der Waals surface area contributed by atoms with Gasteiger partial charge in [0.05, 0.1) is 4.90 Å². The summed E-state index contributed by atoms with van der Waals surface area (Å²) in [6, 6.07) is 4.95. The molecule has 1 aromatic rings. The van der Waals surface area contributed by atoms with Crippen molar-refractivity contribution < 1.29 is 8.42 Å². The molecule has 1 aliphatic rings. The second kappa shape index (κ2) is 7.09. The van der Waals surface area contributed by atoms with Crippen molar-refractivity contribution in [2.75, 3.05) is 20.1 Å². The Kier molecular flexibility index (Phi) is 5.66. The van der Waals surface area contributed by atoms with Gasteiger partial charge in [-0.05, 0) is 49.6 Å². The minimum atomic E-state index is -3.40. The van der Waals surface area contributed by atoms with Gasteiger partial charge in [0.2, 0.25) is 10.0 Å². The predicted octanol–water partition coefficient (Wildman–Crippen LogP) is 2.87. The lowest BCUT2D eigenvalue weighted by atomic mass is 9.96. The van der Waals surface area contributed by atoms with E-state index in [0.29, 0.717) is 35.5 Å². The van der Waals surface area contributed by atoms with Crippen molar-refractivity contribution in [1.82, 2.24) is 9.62 Å². The lowest BCUT2D eigenvalue weighted by Crippen LogP contribution is -2.38. The maximum atomic E-state index is 12.7. The average molecular weight is 331 g/mol. The van der Waals surface area contributed by atoms with E-state index in [1.54, 1.807) is 22.5 Å². The number of hydrogen-bond acceptors (Lipinski definition) is 3. The maximum Gasteiger partial charge on any atom is 0.243 e. The molecule has 1 aliphatic heterocycles. The van der Waals surface area contributed by atoms with Crippen LogP contribution in [-0.4, -0.2) is 32.9 Å². The van der Waals surface area contributed by atoms with Gasteiger partial charge in [-0.1, -0.05) is 24.9 Å². The fourth-order valence-electron chi connectivity index (χ4n) is 2.74. The Bertz CT molecular complexity index is 581. The summed E-state index contributed by atoms with van der Waals surface area (Å²) in [6.07, 6.45) is 3.03. The van der Waals surface area contributed by atoms with Crippen LogP contribution in [0.15, 0.2) is 23.1 Å². The van der Waals surface area contributed by atoms with Crippen LogP contribution in [0, 0.1) is 5.92 Å². The van der Waals surface area contributed by atoms with E-state index in [9.17, 15) is 8.42 Å². The molecule has 1 aromatic carbocycles. The number of sulfonamides is 1. The SMILES string of the molecule is CCC1CCN(S(=O)(=O)c2ccc(Cl)c(CNC)c2)CC1. The summed E-state index contributed by atoms with van der Waals surface area (Å²) in [6.45, 7) is 3.95. The number of hydrogen-bond donors (Lipinski definition) is 1. The minimum Gasteiger partial charge on any atom is -0.316 e. The number of nitrogens with one attached hydrogen (secondary N) is 1. The van der Waals surface area contributed by atoms with Crippen LogP contribution in [0.4, 0.5) is 0 Å². The Morgan fingerprint density at radius 2 is 2.00 bits per heavy atom. The quantitative estimate of drug-likeness (QED) is 0.903. The first-order valence-electron chi connectivity index (χ1n) is 7.42. The lowest BCUT2D eigenvalue weighted by molar-refractivity contribution is 0.269. The molecule has 118 valence electrons. The highest BCUT2D eigenvalue weighted by Crippen LogP contribution is 2.27. The first-order valence-corrected chi connectivity index (χ1v) is 9.24. The molecule has 0 radical (unpaired) electrons. The van der Waals surface area contributed by atoms with Crippen LogP contribution in [0.3, 0.4) is 0 Å². The predicted molar refractivity (Wildman–Crippen MR) is 86.0 cm³/mol. The normalized spacial score (nSPS) is 18.0. The van der Waals surface area contributed by atoms with Gasteiger partial charge in [-0.2, -0.15) is 4.31 Å². The summed E-state index contributed by atoms with van der Waals surface area (Å²) in [5.41, 5.74) is 0.809. The van der Waals surface area contributed by atoms with Crippen LogP contribution in [-0.2, 0) is 16.6 Å². The molecule has 0 aliphatic carbocycles. The number of nitrogens with zero attached hydrogens (tertiary/aromatic N) is 1. The number of halogens is 1. The molecule has 0 saturated carbocycles. The molecule has 0 spiro atoms. The van der Waals surface area contributed by atoms with Gasteiger partial charge in [-0.25, -0.2) is 8.42 Å². The molecule has 1 saturated heterocycles. The smallest absolute Gasteiger partial charge is 0.243 e. The van der Waals surface area contributed by atoms with Gasteiger partial charge in [0.15, 0.2) is 0 Å². The van der Waals surface area contributed by atoms with E-state index in [1.807, 2.05) is 7.05 Å². The van der Waals surface area contributed by atoms with Gasteiger partial charge >= 0.3 is 0 Å². The monoisotopic (exact) mass is 330 g/mol. The summed E-state index contributed by atoms with van der Waals surface area (Å²) < 4.78 is 27.0. The number of benzene rings is 1. The van der Waals surface area contributed by atoms with Crippen molar-refractivity contribution in [2.24, 2.45) is 5.92 Å². The maximum absolute atomic E-state index is 12.7. The van der Waals surface area contributed by atoms with E-state index in [2.05, 4.69) is 12.2 Å². The van der Waals surface area contributed by atoms with Crippen molar-refractivity contribution in [3.63, 3.8) is 0 Å². The first-order chi connectivity index (χ1) is 9.98. The summed E-state index contributed by atoms with van der Waals surface area (Å²) in [7, 11) is -1.59. The molecule has 4 nitrogen and oxygen atoms in total. The highest BCUT2D eigenvalue weighted by atomic mass is 35.5. The molecule has 0 unspecified atom stereocenters. The second-order valence-corrected chi connectivity index (χ2v) is 7.88. The van der Waals surface area contributed by atoms with Gasteiger partial charge in [0, 0.05) is 24.7 Å². The van der Waals surface area contributed by atoms with Crippen molar-refractivity contribution in [3.05, 3.63) is 28.8 Å². The third kappa shape index (κ3) is 3.77. The Balaban J connectivity index is 2.22. The van der Waals surface area contributed by atoms with Crippen LogP contribution >= 0.6 is 11.6 Å². The van der Waals surface area contributed by atoms with Crippen LogP contribution < -0.4 is 5.32 Å². The highest BCUT2D eigenvalue weighted by Gasteiger charge is 2.29. The third-order valence-electron chi connectivity index (χ3n) is 4.17.